The van der Waals surface area contributed by atoms with Crippen LogP contribution in [0.2, 0.25) is 0 Å². The highest BCUT2D eigenvalue weighted by atomic mass is 79.9. The summed E-state index contributed by atoms with van der Waals surface area (Å²) in [6.45, 7) is 0.466. The van der Waals surface area contributed by atoms with Crippen LogP contribution in [0.4, 0.5) is 0 Å². The van der Waals surface area contributed by atoms with Crippen molar-refractivity contribution in [3.63, 3.8) is 0 Å². The van der Waals surface area contributed by atoms with Crippen LogP contribution < -0.4 is 4.74 Å². The molecule has 0 saturated carbocycles. The highest BCUT2D eigenvalue weighted by Crippen LogP contribution is 2.25. The van der Waals surface area contributed by atoms with Crippen LogP contribution in [0.1, 0.15) is 11.3 Å². The molecule has 0 aliphatic heterocycles. The molecule has 0 atom stereocenters. The van der Waals surface area contributed by atoms with Gasteiger partial charge in [0.05, 0.1) is 11.2 Å². The topological polar surface area (TPSA) is 22.1 Å². The molecular formula is C17H13Br2NO. The summed E-state index contributed by atoms with van der Waals surface area (Å²) >= 11 is 6.98. The predicted molar refractivity (Wildman–Crippen MR) is 92.8 cm³/mol. The fourth-order valence-electron chi connectivity index (χ4n) is 2.09. The second-order valence-corrected chi connectivity index (χ2v) is 6.09. The lowest BCUT2D eigenvalue weighted by Gasteiger charge is -2.09. The largest absolute Gasteiger partial charge is 0.487 e. The van der Waals surface area contributed by atoms with Gasteiger partial charge in [0, 0.05) is 15.2 Å². The first kappa shape index (κ1) is 14.5. The smallest absolute Gasteiger partial charge is 0.130 e. The van der Waals surface area contributed by atoms with Gasteiger partial charge in [-0.05, 0) is 35.9 Å². The molecule has 3 rings (SSSR count). The molecule has 0 bridgehead atoms. The van der Waals surface area contributed by atoms with Crippen LogP contribution in [0.3, 0.4) is 0 Å². The fraction of sp³-hybridized carbons (Fsp3) is 0.118. The zero-order valence-electron chi connectivity index (χ0n) is 11.2. The van der Waals surface area contributed by atoms with Crippen molar-refractivity contribution in [2.24, 2.45) is 0 Å². The molecule has 2 aromatic carbocycles. The number of halogens is 2. The first-order chi connectivity index (χ1) is 10.3. The normalized spacial score (nSPS) is 10.8. The molecule has 0 spiro atoms. The third-order valence-electron chi connectivity index (χ3n) is 3.20. The van der Waals surface area contributed by atoms with Crippen molar-refractivity contribution in [3.05, 3.63) is 70.3 Å². The van der Waals surface area contributed by atoms with Crippen LogP contribution >= 0.6 is 31.9 Å². The minimum atomic E-state index is 0.466. The van der Waals surface area contributed by atoms with Crippen LogP contribution in [0, 0.1) is 0 Å². The van der Waals surface area contributed by atoms with Crippen molar-refractivity contribution in [2.45, 2.75) is 11.9 Å². The maximum atomic E-state index is 5.83. The van der Waals surface area contributed by atoms with Gasteiger partial charge in [0.25, 0.3) is 0 Å². The van der Waals surface area contributed by atoms with Crippen molar-refractivity contribution in [1.82, 2.24) is 4.98 Å². The van der Waals surface area contributed by atoms with Crippen molar-refractivity contribution >= 4 is 42.8 Å². The Kier molecular flexibility index (Phi) is 4.56. The molecule has 0 saturated heterocycles. The van der Waals surface area contributed by atoms with Gasteiger partial charge in [-0.1, -0.05) is 56.1 Å². The predicted octanol–water partition coefficient (Wildman–Crippen LogP) is 5.47. The highest BCUT2D eigenvalue weighted by Gasteiger charge is 2.03. The number of benzene rings is 2. The number of hydrogen-bond acceptors (Lipinski definition) is 2. The van der Waals surface area contributed by atoms with Gasteiger partial charge < -0.3 is 4.74 Å². The molecule has 0 aliphatic rings. The van der Waals surface area contributed by atoms with Crippen molar-refractivity contribution in [3.8, 4) is 5.75 Å². The zero-order chi connectivity index (χ0) is 14.7. The summed E-state index contributed by atoms with van der Waals surface area (Å²) in [6, 6.07) is 18.2. The van der Waals surface area contributed by atoms with Crippen molar-refractivity contribution in [1.29, 1.82) is 0 Å². The zero-order valence-corrected chi connectivity index (χ0v) is 14.4. The van der Waals surface area contributed by atoms with Crippen LogP contribution in [-0.4, -0.2) is 4.98 Å². The van der Waals surface area contributed by atoms with E-state index >= 15 is 0 Å². The molecule has 0 radical (unpaired) electrons. The molecule has 21 heavy (non-hydrogen) atoms. The lowest BCUT2D eigenvalue weighted by Crippen LogP contribution is -1.99. The highest BCUT2D eigenvalue weighted by molar-refractivity contribution is 9.10. The number of aromatic nitrogens is 1. The molecule has 3 aromatic rings. The van der Waals surface area contributed by atoms with E-state index in [0.717, 1.165) is 32.1 Å². The number of rotatable bonds is 4. The lowest BCUT2D eigenvalue weighted by atomic mass is 10.2. The van der Waals surface area contributed by atoms with E-state index in [1.54, 1.807) is 0 Å². The first-order valence-electron chi connectivity index (χ1n) is 6.58. The maximum absolute atomic E-state index is 5.83. The van der Waals surface area contributed by atoms with Gasteiger partial charge in [0.2, 0.25) is 0 Å². The molecule has 106 valence electrons. The molecule has 0 unspecified atom stereocenters. The summed E-state index contributed by atoms with van der Waals surface area (Å²) in [4.78, 5) is 4.61. The summed E-state index contributed by atoms with van der Waals surface area (Å²) in [7, 11) is 0. The van der Waals surface area contributed by atoms with Gasteiger partial charge in [-0.25, -0.2) is 4.98 Å². The molecule has 1 heterocycles. The Bertz CT molecular complexity index is 774. The Morgan fingerprint density at radius 3 is 2.71 bits per heavy atom. The molecule has 2 nitrogen and oxygen atoms in total. The van der Waals surface area contributed by atoms with E-state index in [2.05, 4.69) is 49.0 Å². The average Bonchev–Trinajstić information content (AvgIpc) is 2.54. The summed E-state index contributed by atoms with van der Waals surface area (Å²) in [5.41, 5.74) is 3.09. The Morgan fingerprint density at radius 2 is 1.86 bits per heavy atom. The Balaban J connectivity index is 1.76. The Morgan fingerprint density at radius 1 is 1.00 bits per heavy atom. The van der Waals surface area contributed by atoms with E-state index < -0.39 is 0 Å². The SMILES string of the molecule is BrCc1cc(OCc2ccc3ccccc3n2)ccc1Br. The average molecular weight is 407 g/mol. The second-order valence-electron chi connectivity index (χ2n) is 4.67. The third kappa shape index (κ3) is 3.44. The minimum Gasteiger partial charge on any atom is -0.487 e. The summed E-state index contributed by atoms with van der Waals surface area (Å²) in [6.07, 6.45) is 0. The standard InChI is InChI=1S/C17H13Br2NO/c18-10-13-9-15(7-8-16(13)19)21-11-14-6-5-12-3-1-2-4-17(12)20-14/h1-9H,10-11H2. The third-order valence-corrected chi connectivity index (χ3v) is 4.58. The van der Waals surface area contributed by atoms with E-state index in [-0.39, 0.29) is 0 Å². The van der Waals surface area contributed by atoms with Gasteiger partial charge in [-0.15, -0.1) is 0 Å². The molecule has 0 N–H and O–H groups in total. The van der Waals surface area contributed by atoms with Crippen molar-refractivity contribution < 1.29 is 4.74 Å². The number of alkyl halides is 1. The number of para-hydroxylation sites is 1. The summed E-state index contributed by atoms with van der Waals surface area (Å²) in [5.74, 6) is 0.850. The maximum Gasteiger partial charge on any atom is 0.130 e. The van der Waals surface area contributed by atoms with Crippen LogP contribution in [0.25, 0.3) is 10.9 Å². The summed E-state index contributed by atoms with van der Waals surface area (Å²) in [5, 5.41) is 1.94. The van der Waals surface area contributed by atoms with Gasteiger partial charge in [0.1, 0.15) is 12.4 Å². The number of ether oxygens (including phenoxy) is 1. The molecule has 4 heteroatoms. The quantitative estimate of drug-likeness (QED) is 0.536. The molecule has 0 amide bonds. The minimum absolute atomic E-state index is 0.466. The summed E-state index contributed by atoms with van der Waals surface area (Å²) < 4.78 is 6.91. The van der Waals surface area contributed by atoms with E-state index in [1.165, 1.54) is 5.56 Å². The lowest BCUT2D eigenvalue weighted by molar-refractivity contribution is 0.301. The van der Waals surface area contributed by atoms with Gasteiger partial charge in [-0.3, -0.25) is 0 Å². The Hall–Kier alpha value is -1.39. The molecule has 0 aliphatic carbocycles. The number of fused-ring (bicyclic) bond motifs is 1. The number of nitrogens with zero attached hydrogens (tertiary/aromatic N) is 1. The van der Waals surface area contributed by atoms with E-state index in [9.17, 15) is 0 Å². The second kappa shape index (κ2) is 6.58. The monoisotopic (exact) mass is 405 g/mol. The van der Waals surface area contributed by atoms with Crippen LogP contribution in [-0.2, 0) is 11.9 Å². The van der Waals surface area contributed by atoms with Gasteiger partial charge in [-0.2, -0.15) is 0 Å². The van der Waals surface area contributed by atoms with E-state index in [4.69, 9.17) is 4.74 Å². The van der Waals surface area contributed by atoms with Gasteiger partial charge >= 0.3 is 0 Å². The molecule has 1 aromatic heterocycles. The van der Waals surface area contributed by atoms with E-state index in [0.29, 0.717) is 6.61 Å². The number of pyridine rings is 1. The molecular weight excluding hydrogens is 394 g/mol. The van der Waals surface area contributed by atoms with Crippen LogP contribution in [0.5, 0.6) is 5.75 Å². The van der Waals surface area contributed by atoms with Gasteiger partial charge in [0.15, 0.2) is 0 Å². The molecule has 0 fully saturated rings. The number of hydrogen-bond donors (Lipinski definition) is 0. The fourth-order valence-corrected chi connectivity index (χ4v) is 3.32. The first-order valence-corrected chi connectivity index (χ1v) is 8.49. The Labute approximate surface area is 140 Å². The van der Waals surface area contributed by atoms with E-state index in [1.807, 2.05) is 42.5 Å². The van der Waals surface area contributed by atoms with Crippen LogP contribution in [0.15, 0.2) is 59.1 Å². The van der Waals surface area contributed by atoms with Crippen molar-refractivity contribution in [2.75, 3.05) is 0 Å².